The van der Waals surface area contributed by atoms with E-state index in [1.807, 2.05) is 35.8 Å². The monoisotopic (exact) mass is 415 g/mol. The second-order valence-electron chi connectivity index (χ2n) is 7.94. The molecule has 0 saturated carbocycles. The fourth-order valence-electron chi connectivity index (χ4n) is 4.28. The number of ether oxygens (including phenoxy) is 1. The molecule has 0 bridgehead atoms. The molecule has 0 atom stereocenters. The molecule has 4 heterocycles. The minimum absolute atomic E-state index is 0.824. The normalized spacial score (nSPS) is 14.3. The van der Waals surface area contributed by atoms with E-state index in [1.165, 1.54) is 11.5 Å². The summed E-state index contributed by atoms with van der Waals surface area (Å²) in [6.07, 6.45) is 1.89. The molecule has 0 amide bonds. The van der Waals surface area contributed by atoms with Gasteiger partial charge in [-0.2, -0.15) is 9.61 Å². The highest BCUT2D eigenvalue weighted by molar-refractivity contribution is 5.82. The maximum absolute atomic E-state index is 5.57. The molecule has 1 saturated heterocycles. The van der Waals surface area contributed by atoms with E-state index in [0.717, 1.165) is 60.2 Å². The topological polar surface area (TPSA) is 60.0 Å². The molecular weight excluding hydrogens is 388 g/mol. The van der Waals surface area contributed by atoms with Crippen LogP contribution in [0.3, 0.4) is 0 Å². The lowest BCUT2D eigenvalue weighted by Gasteiger charge is -2.32. The Morgan fingerprint density at radius 3 is 2.45 bits per heavy atom. The van der Waals surface area contributed by atoms with Crippen LogP contribution in [-0.4, -0.2) is 47.9 Å². The number of nitrogens with zero attached hydrogens (tertiary/aromatic N) is 5. The summed E-state index contributed by atoms with van der Waals surface area (Å²) in [6, 6.07) is 16.5. The van der Waals surface area contributed by atoms with E-state index in [4.69, 9.17) is 14.8 Å². The number of nitrogens with one attached hydrogen (secondary N) is 1. The molecule has 31 heavy (non-hydrogen) atoms. The lowest BCUT2D eigenvalue weighted by atomic mass is 10.1. The van der Waals surface area contributed by atoms with Crippen LogP contribution in [0.15, 0.2) is 54.7 Å². The summed E-state index contributed by atoms with van der Waals surface area (Å²) < 4.78 is 7.53. The third-order valence-corrected chi connectivity index (χ3v) is 5.85. The summed E-state index contributed by atoms with van der Waals surface area (Å²) in [4.78, 5) is 13.1. The van der Waals surface area contributed by atoms with Gasteiger partial charge in [0.25, 0.3) is 5.82 Å². The van der Waals surface area contributed by atoms with Crippen molar-refractivity contribution in [3.8, 4) is 16.9 Å². The Hall–Kier alpha value is -3.61. The lowest BCUT2D eigenvalue weighted by Crippen LogP contribution is -2.48. The summed E-state index contributed by atoms with van der Waals surface area (Å²) >= 11 is 0. The zero-order valence-corrected chi connectivity index (χ0v) is 18.2. The van der Waals surface area contributed by atoms with Crippen molar-refractivity contribution in [2.24, 2.45) is 0 Å². The third kappa shape index (κ3) is 3.56. The summed E-state index contributed by atoms with van der Waals surface area (Å²) in [5.41, 5.74) is 4.99. The van der Waals surface area contributed by atoms with Crippen molar-refractivity contribution < 1.29 is 9.72 Å². The lowest BCUT2D eigenvalue weighted by molar-refractivity contribution is -0.373. The number of hydrogen-bond acceptors (Lipinski definition) is 5. The van der Waals surface area contributed by atoms with Crippen LogP contribution in [0.5, 0.6) is 5.75 Å². The Balaban J connectivity index is 1.47. The van der Waals surface area contributed by atoms with Crippen molar-refractivity contribution >= 4 is 17.3 Å². The van der Waals surface area contributed by atoms with Gasteiger partial charge in [0.2, 0.25) is 0 Å². The number of aromatic amines is 1. The number of hydrogen-bond donors (Lipinski definition) is 0. The van der Waals surface area contributed by atoms with E-state index in [1.54, 1.807) is 7.11 Å². The SMILES string of the molecule is COc1ccccc1-c1cnn2c(N3CCN(c4cccc(C)[nH+]4)CC3)cc(C)nc12. The Labute approximate surface area is 181 Å². The molecule has 3 aromatic heterocycles. The first-order valence-corrected chi connectivity index (χ1v) is 10.6. The molecular formula is C24H27N6O+. The minimum Gasteiger partial charge on any atom is -0.496 e. The van der Waals surface area contributed by atoms with Gasteiger partial charge in [-0.3, -0.25) is 4.90 Å². The highest BCUT2D eigenvalue weighted by atomic mass is 16.5. The van der Waals surface area contributed by atoms with Crippen molar-refractivity contribution in [1.29, 1.82) is 0 Å². The molecule has 1 fully saturated rings. The fraction of sp³-hybridized carbons (Fsp3) is 0.292. The molecule has 0 radical (unpaired) electrons. The van der Waals surface area contributed by atoms with Gasteiger partial charge in [-0.05, 0) is 26.0 Å². The van der Waals surface area contributed by atoms with E-state index < -0.39 is 0 Å². The Kier molecular flexibility index (Phi) is 4.94. The van der Waals surface area contributed by atoms with E-state index in [-0.39, 0.29) is 0 Å². The maximum Gasteiger partial charge on any atom is 0.274 e. The van der Waals surface area contributed by atoms with Gasteiger partial charge >= 0.3 is 0 Å². The second-order valence-corrected chi connectivity index (χ2v) is 7.94. The minimum atomic E-state index is 0.824. The van der Waals surface area contributed by atoms with Gasteiger partial charge in [-0.1, -0.05) is 24.3 Å². The number of aromatic nitrogens is 4. The van der Waals surface area contributed by atoms with E-state index in [2.05, 4.69) is 52.0 Å². The highest BCUT2D eigenvalue weighted by Crippen LogP contribution is 2.33. The van der Waals surface area contributed by atoms with E-state index in [9.17, 15) is 0 Å². The average molecular weight is 416 g/mol. The zero-order valence-electron chi connectivity index (χ0n) is 18.2. The second kappa shape index (κ2) is 7.91. The molecule has 0 aliphatic carbocycles. The van der Waals surface area contributed by atoms with Crippen LogP contribution in [0.4, 0.5) is 11.6 Å². The van der Waals surface area contributed by atoms with Gasteiger partial charge in [0, 0.05) is 23.4 Å². The standard InChI is InChI=1S/C24H26N6O/c1-17-7-6-10-22(26-17)28-11-13-29(14-12-28)23-15-18(2)27-24-20(16-25-30(23)24)19-8-4-5-9-21(19)31-3/h4-10,15-16H,11-14H2,1-3H3/p+1. The van der Waals surface area contributed by atoms with Crippen LogP contribution in [0.25, 0.3) is 16.8 Å². The van der Waals surface area contributed by atoms with E-state index in [0.29, 0.717) is 0 Å². The number of para-hydroxylation sites is 1. The summed E-state index contributed by atoms with van der Waals surface area (Å²) in [6.45, 7) is 7.87. The first-order chi connectivity index (χ1) is 15.1. The summed E-state index contributed by atoms with van der Waals surface area (Å²) in [5.74, 6) is 3.08. The van der Waals surface area contributed by atoms with Crippen LogP contribution in [0, 0.1) is 13.8 Å². The van der Waals surface area contributed by atoms with Crippen LogP contribution >= 0.6 is 0 Å². The van der Waals surface area contributed by atoms with Crippen molar-refractivity contribution in [3.05, 3.63) is 66.1 Å². The quantitative estimate of drug-likeness (QED) is 0.512. The van der Waals surface area contributed by atoms with Crippen molar-refractivity contribution in [1.82, 2.24) is 14.6 Å². The Bertz CT molecular complexity index is 1230. The average Bonchev–Trinajstić information content (AvgIpc) is 3.22. The first-order valence-electron chi connectivity index (χ1n) is 10.6. The Morgan fingerprint density at radius 1 is 0.903 bits per heavy atom. The molecule has 4 aromatic rings. The molecule has 5 rings (SSSR count). The number of anilines is 2. The third-order valence-electron chi connectivity index (χ3n) is 5.85. The van der Waals surface area contributed by atoms with Crippen LogP contribution in [-0.2, 0) is 0 Å². The molecule has 7 nitrogen and oxygen atoms in total. The number of methoxy groups -OCH3 is 1. The number of fused-ring (bicyclic) bond motifs is 1. The van der Waals surface area contributed by atoms with E-state index >= 15 is 0 Å². The van der Waals surface area contributed by atoms with Gasteiger partial charge in [0.1, 0.15) is 24.7 Å². The summed E-state index contributed by atoms with van der Waals surface area (Å²) in [5, 5.41) is 4.71. The predicted octanol–water partition coefficient (Wildman–Crippen LogP) is 3.16. The molecule has 1 N–H and O–H groups in total. The van der Waals surface area contributed by atoms with Crippen LogP contribution in [0.1, 0.15) is 11.4 Å². The van der Waals surface area contributed by atoms with Gasteiger partial charge < -0.3 is 9.64 Å². The van der Waals surface area contributed by atoms with Gasteiger partial charge in [0.15, 0.2) is 5.65 Å². The van der Waals surface area contributed by atoms with Gasteiger partial charge in [0.05, 0.1) is 37.7 Å². The van der Waals surface area contributed by atoms with Crippen LogP contribution < -0.4 is 19.5 Å². The van der Waals surface area contributed by atoms with Crippen molar-refractivity contribution in [2.45, 2.75) is 13.8 Å². The molecule has 7 heteroatoms. The number of rotatable bonds is 4. The van der Waals surface area contributed by atoms with Gasteiger partial charge in [-0.25, -0.2) is 9.97 Å². The largest absolute Gasteiger partial charge is 0.496 e. The first kappa shape index (κ1) is 19.4. The molecule has 1 aromatic carbocycles. The summed E-state index contributed by atoms with van der Waals surface area (Å²) in [7, 11) is 1.69. The number of piperazine rings is 1. The smallest absolute Gasteiger partial charge is 0.274 e. The molecule has 0 unspecified atom stereocenters. The number of aryl methyl sites for hydroxylation is 2. The molecule has 1 aliphatic heterocycles. The predicted molar refractivity (Wildman–Crippen MR) is 122 cm³/mol. The zero-order chi connectivity index (χ0) is 21.4. The number of H-pyrrole nitrogens is 1. The molecule has 0 spiro atoms. The van der Waals surface area contributed by atoms with Gasteiger partial charge in [-0.15, -0.1) is 0 Å². The van der Waals surface area contributed by atoms with Crippen LogP contribution in [0.2, 0.25) is 0 Å². The molecule has 158 valence electrons. The molecule has 1 aliphatic rings. The van der Waals surface area contributed by atoms with Crippen molar-refractivity contribution in [2.75, 3.05) is 43.1 Å². The maximum atomic E-state index is 5.57. The fourth-order valence-corrected chi connectivity index (χ4v) is 4.28. The Morgan fingerprint density at radius 2 is 1.68 bits per heavy atom. The number of pyridine rings is 1. The van der Waals surface area contributed by atoms with Crippen molar-refractivity contribution in [3.63, 3.8) is 0 Å². The highest BCUT2D eigenvalue weighted by Gasteiger charge is 2.26. The number of benzene rings is 1.